The maximum Gasteiger partial charge on any atom is 0.340 e. The fourth-order valence-electron chi connectivity index (χ4n) is 1.34. The van der Waals surface area contributed by atoms with Crippen LogP contribution in [0.3, 0.4) is 0 Å². The minimum absolute atomic E-state index is 0.147. The predicted molar refractivity (Wildman–Crippen MR) is 80.6 cm³/mol. The number of carbonyl (C=O) groups is 1. The van der Waals surface area contributed by atoms with Crippen molar-refractivity contribution in [2.45, 2.75) is 0 Å². The number of carbonyl (C=O) groups excluding carboxylic acids is 1. The van der Waals surface area contributed by atoms with Crippen LogP contribution in [0.2, 0.25) is 0 Å². The van der Waals surface area contributed by atoms with Gasteiger partial charge >= 0.3 is 5.97 Å². The van der Waals surface area contributed by atoms with Gasteiger partial charge in [-0.2, -0.15) is 10.4 Å². The summed E-state index contributed by atoms with van der Waals surface area (Å²) in [6, 6.07) is 4.71. The molecule has 0 atom stereocenters. The average molecular weight is 354 g/mol. The largest absolute Gasteiger partial charge is 0.497 e. The quantitative estimate of drug-likeness (QED) is 0.317. The third-order valence-electron chi connectivity index (χ3n) is 2.35. The molecule has 0 bridgehead atoms. The van der Waals surface area contributed by atoms with Gasteiger partial charge in [-0.15, -0.1) is 0 Å². The summed E-state index contributed by atoms with van der Waals surface area (Å²) >= 11 is 3.26. The molecule has 0 fully saturated rings. The highest BCUT2D eigenvalue weighted by Crippen LogP contribution is 2.32. The molecule has 9 heteroatoms. The van der Waals surface area contributed by atoms with Gasteiger partial charge in [-0.3, -0.25) is 10.8 Å². The van der Waals surface area contributed by atoms with E-state index in [9.17, 15) is 4.79 Å². The van der Waals surface area contributed by atoms with Crippen molar-refractivity contribution >= 4 is 39.1 Å². The highest BCUT2D eigenvalue weighted by Gasteiger charge is 2.17. The van der Waals surface area contributed by atoms with Crippen LogP contribution >= 0.6 is 15.9 Å². The van der Waals surface area contributed by atoms with Crippen molar-refractivity contribution in [1.82, 2.24) is 0 Å². The van der Waals surface area contributed by atoms with E-state index in [2.05, 4.69) is 31.2 Å². The molecule has 1 rings (SSSR count). The molecule has 0 radical (unpaired) electrons. The number of esters is 1. The molecule has 0 aliphatic rings. The van der Waals surface area contributed by atoms with E-state index in [0.717, 1.165) is 0 Å². The van der Waals surface area contributed by atoms with E-state index in [4.69, 9.17) is 21.1 Å². The number of nitriles is 1. The molecule has 110 valence electrons. The van der Waals surface area contributed by atoms with Crippen molar-refractivity contribution < 1.29 is 14.3 Å². The smallest absolute Gasteiger partial charge is 0.340 e. The standard InChI is InChI=1S/C12H12BrN5O3/c1-20-6-3-7(12(19)21-2)10(8(13)4-6)18-17-9(5-14)11(15)16/h3-4,18H,1-2H3,(H3,15,16)/b17-9+. The van der Waals surface area contributed by atoms with Gasteiger partial charge in [-0.1, -0.05) is 0 Å². The van der Waals surface area contributed by atoms with E-state index >= 15 is 0 Å². The molecule has 0 amide bonds. The van der Waals surface area contributed by atoms with Crippen LogP contribution in [-0.2, 0) is 4.74 Å². The Kier molecular flexibility index (Phi) is 5.68. The van der Waals surface area contributed by atoms with Crippen molar-refractivity contribution in [3.63, 3.8) is 0 Å². The first-order chi connectivity index (χ1) is 9.94. The summed E-state index contributed by atoms with van der Waals surface area (Å²) < 4.78 is 10.2. The maximum atomic E-state index is 11.8. The Bertz CT molecular complexity index is 651. The monoisotopic (exact) mass is 353 g/mol. The number of hydrazone groups is 1. The third-order valence-corrected chi connectivity index (χ3v) is 2.97. The van der Waals surface area contributed by atoms with Gasteiger partial charge in [0.2, 0.25) is 5.71 Å². The number of nitrogens with one attached hydrogen (secondary N) is 2. The summed E-state index contributed by atoms with van der Waals surface area (Å²) in [4.78, 5) is 11.8. The molecule has 0 aliphatic carbocycles. The lowest BCUT2D eigenvalue weighted by Crippen LogP contribution is -2.22. The Hall–Kier alpha value is -2.60. The van der Waals surface area contributed by atoms with E-state index in [-0.39, 0.29) is 17.0 Å². The van der Waals surface area contributed by atoms with Gasteiger partial charge in [0.1, 0.15) is 11.8 Å². The van der Waals surface area contributed by atoms with E-state index in [1.165, 1.54) is 20.3 Å². The molecule has 4 N–H and O–H groups in total. The third kappa shape index (κ3) is 3.93. The summed E-state index contributed by atoms with van der Waals surface area (Å²) in [6.45, 7) is 0. The molecule has 0 saturated carbocycles. The van der Waals surface area contributed by atoms with Gasteiger partial charge in [-0.05, 0) is 28.1 Å². The van der Waals surface area contributed by atoms with Crippen molar-refractivity contribution in [3.8, 4) is 11.8 Å². The molecule has 0 aromatic heterocycles. The number of rotatable bonds is 5. The highest BCUT2D eigenvalue weighted by molar-refractivity contribution is 9.10. The van der Waals surface area contributed by atoms with E-state index in [1.807, 2.05) is 0 Å². The number of methoxy groups -OCH3 is 2. The lowest BCUT2D eigenvalue weighted by molar-refractivity contribution is 0.0601. The normalized spacial score (nSPS) is 10.5. The Morgan fingerprint density at radius 2 is 2.19 bits per heavy atom. The van der Waals surface area contributed by atoms with Crippen molar-refractivity contribution in [1.29, 1.82) is 10.7 Å². The number of hydrogen-bond donors (Lipinski definition) is 3. The van der Waals surface area contributed by atoms with Gasteiger partial charge in [0.25, 0.3) is 0 Å². The van der Waals surface area contributed by atoms with Gasteiger partial charge in [0, 0.05) is 4.47 Å². The van der Waals surface area contributed by atoms with Crippen LogP contribution in [0.5, 0.6) is 5.75 Å². The van der Waals surface area contributed by atoms with Crippen molar-refractivity contribution in [2.24, 2.45) is 10.8 Å². The summed E-state index contributed by atoms with van der Waals surface area (Å²) in [5.74, 6) is -0.674. The number of halogens is 1. The molecular formula is C12H12BrN5O3. The number of hydrogen-bond acceptors (Lipinski definition) is 7. The van der Waals surface area contributed by atoms with E-state index in [0.29, 0.717) is 10.2 Å². The van der Waals surface area contributed by atoms with Crippen molar-refractivity contribution in [3.05, 3.63) is 22.2 Å². The molecular weight excluding hydrogens is 342 g/mol. The van der Waals surface area contributed by atoms with Gasteiger partial charge < -0.3 is 15.2 Å². The van der Waals surface area contributed by atoms with Crippen LogP contribution in [0.4, 0.5) is 5.69 Å². The molecule has 0 heterocycles. The molecule has 0 unspecified atom stereocenters. The van der Waals surface area contributed by atoms with Gasteiger partial charge in [0.05, 0.1) is 25.5 Å². The number of nitrogens with two attached hydrogens (primary N) is 1. The minimum Gasteiger partial charge on any atom is -0.497 e. The molecule has 0 spiro atoms. The summed E-state index contributed by atoms with van der Waals surface area (Å²) in [7, 11) is 2.69. The Labute approximate surface area is 129 Å². The predicted octanol–water partition coefficient (Wildman–Crippen LogP) is 1.47. The Morgan fingerprint density at radius 1 is 1.52 bits per heavy atom. The average Bonchev–Trinajstić information content (AvgIpc) is 2.47. The Morgan fingerprint density at radius 3 is 2.67 bits per heavy atom. The summed E-state index contributed by atoms with van der Waals surface area (Å²) in [5, 5.41) is 19.6. The fraction of sp³-hybridized carbons (Fsp3) is 0.167. The second kappa shape index (κ2) is 7.25. The number of nitrogens with zero attached hydrogens (tertiary/aromatic N) is 2. The summed E-state index contributed by atoms with van der Waals surface area (Å²) in [5.41, 5.74) is 7.80. The number of benzene rings is 1. The fourth-order valence-corrected chi connectivity index (χ4v) is 1.87. The zero-order valence-corrected chi connectivity index (χ0v) is 12.8. The van der Waals surface area contributed by atoms with E-state index < -0.39 is 11.8 Å². The minimum atomic E-state index is -0.617. The second-order valence-corrected chi connectivity index (χ2v) is 4.48. The topological polar surface area (TPSA) is 134 Å². The molecule has 21 heavy (non-hydrogen) atoms. The van der Waals surface area contributed by atoms with Crippen LogP contribution in [-0.4, -0.2) is 31.7 Å². The van der Waals surface area contributed by atoms with Crippen LogP contribution in [0.15, 0.2) is 21.7 Å². The molecule has 8 nitrogen and oxygen atoms in total. The van der Waals surface area contributed by atoms with Gasteiger partial charge in [0.15, 0.2) is 5.84 Å². The van der Waals surface area contributed by atoms with Crippen LogP contribution < -0.4 is 15.9 Å². The SMILES string of the molecule is COC(=O)c1cc(OC)cc(Br)c1N/N=C(\C#N)C(=N)N. The maximum absolute atomic E-state index is 11.8. The number of anilines is 1. The van der Waals surface area contributed by atoms with Gasteiger partial charge in [-0.25, -0.2) is 4.79 Å². The Balaban J connectivity index is 3.32. The number of amidine groups is 1. The molecule has 0 aliphatic heterocycles. The molecule has 1 aromatic rings. The molecule has 0 saturated heterocycles. The lowest BCUT2D eigenvalue weighted by atomic mass is 10.1. The number of ether oxygens (including phenoxy) is 2. The first-order valence-electron chi connectivity index (χ1n) is 5.48. The van der Waals surface area contributed by atoms with Crippen LogP contribution in [0.1, 0.15) is 10.4 Å². The van der Waals surface area contributed by atoms with Crippen LogP contribution in [0, 0.1) is 16.7 Å². The van der Waals surface area contributed by atoms with Crippen LogP contribution in [0.25, 0.3) is 0 Å². The second-order valence-electron chi connectivity index (χ2n) is 3.62. The van der Waals surface area contributed by atoms with Crippen molar-refractivity contribution in [2.75, 3.05) is 19.6 Å². The molecule has 1 aromatic carbocycles. The zero-order valence-electron chi connectivity index (χ0n) is 11.2. The first kappa shape index (κ1) is 16.5. The lowest BCUT2D eigenvalue weighted by Gasteiger charge is -2.12. The zero-order chi connectivity index (χ0) is 16.0. The first-order valence-corrected chi connectivity index (χ1v) is 6.28. The summed E-state index contributed by atoms with van der Waals surface area (Å²) in [6.07, 6.45) is 0. The highest BCUT2D eigenvalue weighted by atomic mass is 79.9. The van der Waals surface area contributed by atoms with E-state index in [1.54, 1.807) is 12.1 Å².